The lowest BCUT2D eigenvalue weighted by Crippen LogP contribution is -2.42. The van der Waals surface area contributed by atoms with Crippen molar-refractivity contribution in [2.24, 2.45) is 0 Å². The van der Waals surface area contributed by atoms with Crippen LogP contribution >= 0.6 is 0 Å². The van der Waals surface area contributed by atoms with E-state index in [4.69, 9.17) is 15.9 Å². The molecule has 0 bridgehead atoms. The highest BCUT2D eigenvalue weighted by Gasteiger charge is 2.28. The third-order valence-electron chi connectivity index (χ3n) is 2.12. The number of hydrogen-bond donors (Lipinski definition) is 2. The van der Waals surface area contributed by atoms with Crippen LogP contribution in [0, 0.1) is 19.3 Å². The second-order valence-electron chi connectivity index (χ2n) is 4.21. The van der Waals surface area contributed by atoms with Crippen LogP contribution in [0.1, 0.15) is 30.2 Å². The molecule has 6 nitrogen and oxygen atoms in total. The SMILES string of the molecule is C#CC(C)(C)NS(=O)(=O)c1cc(C(=O)O)oc1C. The third-order valence-corrected chi connectivity index (χ3v) is 3.89. The standard InChI is InChI=1S/C11H13NO5S/c1-5-11(3,4)12-18(15,16)9-6-8(10(13)14)17-7(9)2/h1,6,12H,2-4H3,(H,13,14). The van der Waals surface area contributed by atoms with Gasteiger partial charge in [-0.05, 0) is 20.8 Å². The average Bonchev–Trinajstić information content (AvgIpc) is 2.60. The van der Waals surface area contributed by atoms with Gasteiger partial charge in [-0.2, -0.15) is 4.72 Å². The summed E-state index contributed by atoms with van der Waals surface area (Å²) in [5.41, 5.74) is -1.08. The molecule has 0 aliphatic carbocycles. The molecule has 1 aromatic rings. The molecule has 1 heterocycles. The Kier molecular flexibility index (Phi) is 3.55. The molecule has 0 amide bonds. The zero-order valence-corrected chi connectivity index (χ0v) is 11.0. The maximum absolute atomic E-state index is 12.0. The Hall–Kier alpha value is -1.78. The molecule has 0 fully saturated rings. The minimum Gasteiger partial charge on any atom is -0.475 e. The molecular weight excluding hydrogens is 258 g/mol. The van der Waals surface area contributed by atoms with Crippen LogP contribution in [0.2, 0.25) is 0 Å². The van der Waals surface area contributed by atoms with Gasteiger partial charge in [0.1, 0.15) is 10.7 Å². The Bertz CT molecular complexity index is 618. The number of aromatic carboxylic acids is 1. The average molecular weight is 271 g/mol. The van der Waals surface area contributed by atoms with Crippen molar-refractivity contribution >= 4 is 16.0 Å². The van der Waals surface area contributed by atoms with Gasteiger partial charge in [-0.15, -0.1) is 6.42 Å². The van der Waals surface area contributed by atoms with Crippen LogP contribution in [0.25, 0.3) is 0 Å². The van der Waals surface area contributed by atoms with Gasteiger partial charge in [-0.1, -0.05) is 5.92 Å². The molecule has 0 saturated heterocycles. The lowest BCUT2D eigenvalue weighted by atomic mass is 10.1. The van der Waals surface area contributed by atoms with E-state index >= 15 is 0 Å². The second-order valence-corrected chi connectivity index (χ2v) is 5.86. The molecule has 0 spiro atoms. The first kappa shape index (κ1) is 14.3. The summed E-state index contributed by atoms with van der Waals surface area (Å²) in [5, 5.41) is 8.73. The minimum atomic E-state index is -3.92. The highest BCUT2D eigenvalue weighted by molar-refractivity contribution is 7.89. The number of nitrogens with one attached hydrogen (secondary N) is 1. The summed E-state index contributed by atoms with van der Waals surface area (Å²) in [6.45, 7) is 4.39. The van der Waals surface area contributed by atoms with Crippen LogP contribution in [0.3, 0.4) is 0 Å². The summed E-state index contributed by atoms with van der Waals surface area (Å²) >= 11 is 0. The van der Waals surface area contributed by atoms with Crippen molar-refractivity contribution in [1.82, 2.24) is 4.72 Å². The van der Waals surface area contributed by atoms with E-state index in [2.05, 4.69) is 10.6 Å². The highest BCUT2D eigenvalue weighted by atomic mass is 32.2. The van der Waals surface area contributed by atoms with E-state index < -0.39 is 27.3 Å². The Balaban J connectivity index is 3.22. The fourth-order valence-corrected chi connectivity index (χ4v) is 2.78. The molecule has 1 aromatic heterocycles. The topological polar surface area (TPSA) is 96.6 Å². The number of terminal acetylenes is 1. The van der Waals surface area contributed by atoms with Crippen molar-refractivity contribution in [1.29, 1.82) is 0 Å². The van der Waals surface area contributed by atoms with Crippen molar-refractivity contribution in [3.63, 3.8) is 0 Å². The maximum atomic E-state index is 12.0. The number of rotatable bonds is 4. The van der Waals surface area contributed by atoms with Crippen molar-refractivity contribution in [2.75, 3.05) is 0 Å². The number of carboxylic acids is 1. The van der Waals surface area contributed by atoms with Crippen LogP contribution in [0.5, 0.6) is 0 Å². The molecule has 1 rings (SSSR count). The Morgan fingerprint density at radius 2 is 2.11 bits per heavy atom. The van der Waals surface area contributed by atoms with Gasteiger partial charge in [-0.3, -0.25) is 0 Å². The predicted molar refractivity (Wildman–Crippen MR) is 63.6 cm³/mol. The van der Waals surface area contributed by atoms with Crippen molar-refractivity contribution in [3.05, 3.63) is 17.6 Å². The number of carbonyl (C=O) groups is 1. The van der Waals surface area contributed by atoms with Crippen LogP contribution < -0.4 is 4.72 Å². The third kappa shape index (κ3) is 2.91. The summed E-state index contributed by atoms with van der Waals surface area (Å²) in [6.07, 6.45) is 5.19. The minimum absolute atomic E-state index is 0.00674. The highest BCUT2D eigenvalue weighted by Crippen LogP contribution is 2.21. The van der Waals surface area contributed by atoms with E-state index in [1.54, 1.807) is 0 Å². The number of hydrogen-bond acceptors (Lipinski definition) is 4. The van der Waals surface area contributed by atoms with E-state index in [1.807, 2.05) is 0 Å². The normalized spacial score (nSPS) is 12.1. The summed E-state index contributed by atoms with van der Waals surface area (Å²) in [4.78, 5) is 10.5. The number of aryl methyl sites for hydroxylation is 1. The summed E-state index contributed by atoms with van der Waals surface area (Å²) in [6, 6.07) is 0.951. The van der Waals surface area contributed by atoms with Gasteiger partial charge in [-0.25, -0.2) is 13.2 Å². The molecule has 0 aliphatic heterocycles. The van der Waals surface area contributed by atoms with Crippen LogP contribution in [-0.4, -0.2) is 25.0 Å². The molecule has 0 atom stereocenters. The predicted octanol–water partition coefficient (Wildman–Crippen LogP) is 0.976. The van der Waals surface area contributed by atoms with Gasteiger partial charge < -0.3 is 9.52 Å². The Morgan fingerprint density at radius 1 is 1.56 bits per heavy atom. The monoisotopic (exact) mass is 271 g/mol. The van der Waals surface area contributed by atoms with Gasteiger partial charge in [0, 0.05) is 6.07 Å². The lowest BCUT2D eigenvalue weighted by Gasteiger charge is -2.18. The molecule has 0 aromatic carbocycles. The van der Waals surface area contributed by atoms with Gasteiger partial charge in [0.25, 0.3) is 0 Å². The van der Waals surface area contributed by atoms with Gasteiger partial charge in [0.15, 0.2) is 0 Å². The molecule has 0 radical (unpaired) electrons. The first-order chi connectivity index (χ1) is 8.09. The Morgan fingerprint density at radius 3 is 2.50 bits per heavy atom. The molecule has 7 heteroatoms. The fourth-order valence-electron chi connectivity index (χ4n) is 1.26. The molecule has 18 heavy (non-hydrogen) atoms. The Labute approximate surface area is 105 Å². The number of sulfonamides is 1. The van der Waals surface area contributed by atoms with Crippen molar-refractivity contribution < 1.29 is 22.7 Å². The maximum Gasteiger partial charge on any atom is 0.371 e. The number of furan rings is 1. The zero-order valence-electron chi connectivity index (χ0n) is 10.1. The van der Waals surface area contributed by atoms with E-state index in [0.29, 0.717) is 0 Å². The smallest absolute Gasteiger partial charge is 0.371 e. The van der Waals surface area contributed by atoms with Gasteiger partial charge >= 0.3 is 5.97 Å². The van der Waals surface area contributed by atoms with E-state index in [-0.39, 0.29) is 10.7 Å². The summed E-state index contributed by atoms with van der Waals surface area (Å²) < 4.78 is 31.1. The first-order valence-electron chi connectivity index (χ1n) is 4.94. The molecule has 0 aliphatic rings. The molecule has 98 valence electrons. The van der Waals surface area contributed by atoms with E-state index in [9.17, 15) is 13.2 Å². The van der Waals surface area contributed by atoms with Crippen LogP contribution in [0.15, 0.2) is 15.4 Å². The zero-order chi connectivity index (χ0) is 14.1. The summed E-state index contributed by atoms with van der Waals surface area (Å²) in [5.74, 6) is 0.496. The van der Waals surface area contributed by atoms with Gasteiger partial charge in [0.2, 0.25) is 15.8 Å². The molecular formula is C11H13NO5S. The van der Waals surface area contributed by atoms with Crippen molar-refractivity contribution in [3.8, 4) is 12.3 Å². The largest absolute Gasteiger partial charge is 0.475 e. The van der Waals surface area contributed by atoms with Crippen LogP contribution in [0.4, 0.5) is 0 Å². The van der Waals surface area contributed by atoms with Crippen molar-refractivity contribution in [2.45, 2.75) is 31.2 Å². The van der Waals surface area contributed by atoms with Crippen LogP contribution in [-0.2, 0) is 10.0 Å². The molecule has 2 N–H and O–H groups in total. The first-order valence-corrected chi connectivity index (χ1v) is 6.43. The molecule has 0 saturated carbocycles. The fraction of sp³-hybridized carbons (Fsp3) is 0.364. The quantitative estimate of drug-likeness (QED) is 0.795. The molecule has 0 unspecified atom stereocenters. The number of carboxylic acid groups (broad SMARTS) is 1. The van der Waals surface area contributed by atoms with E-state index in [0.717, 1.165) is 6.07 Å². The second kappa shape index (κ2) is 4.48. The van der Waals surface area contributed by atoms with E-state index in [1.165, 1.54) is 20.8 Å². The van der Waals surface area contributed by atoms with Gasteiger partial charge in [0.05, 0.1) is 5.54 Å². The lowest BCUT2D eigenvalue weighted by molar-refractivity contribution is 0.0661. The summed E-state index contributed by atoms with van der Waals surface area (Å²) in [7, 11) is -3.92.